The van der Waals surface area contributed by atoms with Crippen LogP contribution in [0.4, 0.5) is 0 Å². The van der Waals surface area contributed by atoms with E-state index in [4.69, 9.17) is 9.47 Å². The largest absolute Gasteiger partial charge is 0.507 e. The maximum absolute atomic E-state index is 12.5. The summed E-state index contributed by atoms with van der Waals surface area (Å²) in [6, 6.07) is 14.1. The maximum atomic E-state index is 12.5. The molecule has 0 radical (unpaired) electrons. The van der Waals surface area contributed by atoms with Crippen molar-refractivity contribution in [3.05, 3.63) is 71.4 Å². The summed E-state index contributed by atoms with van der Waals surface area (Å²) in [5.74, 6) is 0.811. The number of pyridine rings is 1. The number of phenols is 1. The Morgan fingerprint density at radius 2 is 1.91 bits per heavy atom. The van der Waals surface area contributed by atoms with Crippen LogP contribution in [0.1, 0.15) is 48.7 Å². The fourth-order valence-electron chi connectivity index (χ4n) is 3.31. The number of phenolic OH excluding ortho intramolecular Hbond substituents is 1. The third-order valence-corrected chi connectivity index (χ3v) is 4.91. The van der Waals surface area contributed by atoms with E-state index in [0.717, 1.165) is 11.1 Å². The molecule has 0 bridgehead atoms. The minimum absolute atomic E-state index is 0.0424. The summed E-state index contributed by atoms with van der Waals surface area (Å²) in [7, 11) is 0. The number of aromatic hydroxyl groups is 1. The van der Waals surface area contributed by atoms with Gasteiger partial charge in [-0.05, 0) is 54.3 Å². The summed E-state index contributed by atoms with van der Waals surface area (Å²) in [6.45, 7) is 8.34. The van der Waals surface area contributed by atoms with E-state index in [2.05, 4.69) is 4.98 Å². The van der Waals surface area contributed by atoms with Crippen LogP contribution in [-0.4, -0.2) is 22.3 Å². The molecule has 0 aliphatic rings. The zero-order valence-electron chi connectivity index (χ0n) is 18.7. The van der Waals surface area contributed by atoms with E-state index in [-0.39, 0.29) is 23.6 Å². The van der Waals surface area contributed by atoms with Crippen molar-refractivity contribution in [2.75, 3.05) is 0 Å². The van der Waals surface area contributed by atoms with Crippen molar-refractivity contribution in [1.29, 1.82) is 0 Å². The molecule has 1 N–H and O–H groups in total. The molecule has 32 heavy (non-hydrogen) atoms. The van der Waals surface area contributed by atoms with E-state index >= 15 is 0 Å². The highest BCUT2D eigenvalue weighted by atomic mass is 16.5. The molecule has 166 valence electrons. The van der Waals surface area contributed by atoms with Crippen molar-refractivity contribution in [1.82, 2.24) is 4.98 Å². The lowest BCUT2D eigenvalue weighted by Gasteiger charge is -2.18. The maximum Gasteiger partial charge on any atom is 0.298 e. The van der Waals surface area contributed by atoms with Gasteiger partial charge in [0, 0.05) is 23.7 Å². The first-order valence-electron chi connectivity index (χ1n) is 10.3. The van der Waals surface area contributed by atoms with Gasteiger partial charge in [0.05, 0.1) is 11.3 Å². The van der Waals surface area contributed by atoms with Gasteiger partial charge in [-0.15, -0.1) is 0 Å². The summed E-state index contributed by atoms with van der Waals surface area (Å²) >= 11 is 0. The van der Waals surface area contributed by atoms with Crippen LogP contribution in [0, 0.1) is 12.3 Å². The Morgan fingerprint density at radius 3 is 2.62 bits per heavy atom. The van der Waals surface area contributed by atoms with E-state index in [0.29, 0.717) is 41.2 Å². The van der Waals surface area contributed by atoms with Crippen LogP contribution in [0.3, 0.4) is 0 Å². The lowest BCUT2D eigenvalue weighted by molar-refractivity contribution is -0.120. The van der Waals surface area contributed by atoms with Crippen molar-refractivity contribution < 1.29 is 24.2 Å². The molecule has 0 aliphatic carbocycles. The highest BCUT2D eigenvalue weighted by Gasteiger charge is 2.21. The topological polar surface area (TPSA) is 85.7 Å². The number of ketones is 1. The quantitative estimate of drug-likeness (QED) is 0.373. The van der Waals surface area contributed by atoms with E-state index in [1.165, 1.54) is 0 Å². The van der Waals surface area contributed by atoms with Gasteiger partial charge < -0.3 is 14.6 Å². The van der Waals surface area contributed by atoms with Crippen molar-refractivity contribution in [3.8, 4) is 28.5 Å². The number of carbonyl (C=O) groups excluding carboxylic acids is 2. The molecule has 6 nitrogen and oxygen atoms in total. The van der Waals surface area contributed by atoms with Gasteiger partial charge in [-0.2, -0.15) is 0 Å². The van der Waals surface area contributed by atoms with Crippen LogP contribution in [-0.2, 0) is 11.4 Å². The van der Waals surface area contributed by atoms with E-state index in [1.54, 1.807) is 43.5 Å². The molecule has 3 aromatic rings. The minimum Gasteiger partial charge on any atom is -0.507 e. The molecule has 0 spiro atoms. The number of benzene rings is 2. The molecule has 0 aliphatic heterocycles. The number of hydrogen-bond donors (Lipinski definition) is 1. The summed E-state index contributed by atoms with van der Waals surface area (Å²) in [6.07, 6.45) is 2.03. The number of Topliss-reactive ketones (excluding diaryl/α,β-unsaturated/α-hetero) is 1. The van der Waals surface area contributed by atoms with Crippen LogP contribution >= 0.6 is 0 Å². The SMILES string of the molecule is Cc1c(OCc2ccnc(-c3cccc(OC=O)c3)c2)ccc(C(=O)CC(C)(C)C)c1O. The molecule has 0 unspecified atom stereocenters. The number of nitrogens with zero attached hydrogens (tertiary/aromatic N) is 1. The predicted octanol–water partition coefficient (Wildman–Crippen LogP) is 5.50. The molecule has 1 aromatic heterocycles. The van der Waals surface area contributed by atoms with Crippen LogP contribution in [0.2, 0.25) is 0 Å². The Labute approximate surface area is 187 Å². The second-order valence-corrected chi connectivity index (χ2v) is 8.83. The van der Waals surface area contributed by atoms with Gasteiger partial charge in [0.15, 0.2) is 5.78 Å². The molecule has 0 amide bonds. The summed E-state index contributed by atoms with van der Waals surface area (Å²) in [5.41, 5.74) is 3.08. The van der Waals surface area contributed by atoms with Crippen LogP contribution in [0.5, 0.6) is 17.2 Å². The van der Waals surface area contributed by atoms with Gasteiger partial charge in [0.2, 0.25) is 0 Å². The first-order chi connectivity index (χ1) is 15.2. The highest BCUT2D eigenvalue weighted by Crippen LogP contribution is 2.33. The summed E-state index contributed by atoms with van der Waals surface area (Å²) in [4.78, 5) is 27.5. The van der Waals surface area contributed by atoms with Crippen LogP contribution < -0.4 is 9.47 Å². The summed E-state index contributed by atoms with van der Waals surface area (Å²) in [5, 5.41) is 10.6. The van der Waals surface area contributed by atoms with Crippen molar-refractivity contribution in [2.45, 2.75) is 40.7 Å². The number of rotatable bonds is 8. The van der Waals surface area contributed by atoms with Gasteiger partial charge in [-0.1, -0.05) is 32.9 Å². The molecule has 0 fully saturated rings. The molecule has 0 saturated heterocycles. The van der Waals surface area contributed by atoms with Gasteiger partial charge in [0.1, 0.15) is 23.9 Å². The van der Waals surface area contributed by atoms with Gasteiger partial charge in [-0.3, -0.25) is 14.6 Å². The Bertz CT molecular complexity index is 1130. The Balaban J connectivity index is 1.75. The van der Waals surface area contributed by atoms with Crippen molar-refractivity contribution >= 4 is 12.3 Å². The molecule has 1 heterocycles. The molecular weight excluding hydrogens is 406 g/mol. The zero-order valence-corrected chi connectivity index (χ0v) is 18.7. The molecule has 0 atom stereocenters. The molecular formula is C26H27NO5. The van der Waals surface area contributed by atoms with E-state index in [9.17, 15) is 14.7 Å². The fraction of sp³-hybridized carbons (Fsp3) is 0.269. The average molecular weight is 434 g/mol. The molecule has 6 heteroatoms. The fourth-order valence-corrected chi connectivity index (χ4v) is 3.31. The first-order valence-corrected chi connectivity index (χ1v) is 10.3. The standard InChI is InChI=1S/C26H27NO5/c1-17-24(9-8-21(25(17)30)23(29)14-26(2,3)4)31-15-18-10-11-27-22(12-18)19-6-5-7-20(13-19)32-16-28/h5-13,16,30H,14-15H2,1-4H3. The molecule has 2 aromatic carbocycles. The second-order valence-electron chi connectivity index (χ2n) is 8.83. The Hall–Kier alpha value is -3.67. The Morgan fingerprint density at radius 1 is 1.12 bits per heavy atom. The van der Waals surface area contributed by atoms with Gasteiger partial charge in [-0.25, -0.2) is 0 Å². The Kier molecular flexibility index (Phi) is 6.93. The predicted molar refractivity (Wildman–Crippen MR) is 122 cm³/mol. The molecule has 0 saturated carbocycles. The lowest BCUT2D eigenvalue weighted by Crippen LogP contribution is -2.13. The number of ether oxygens (including phenoxy) is 2. The van der Waals surface area contributed by atoms with E-state index in [1.807, 2.05) is 39.0 Å². The zero-order chi connectivity index (χ0) is 23.3. The minimum atomic E-state index is -0.162. The van der Waals surface area contributed by atoms with Crippen molar-refractivity contribution in [3.63, 3.8) is 0 Å². The number of aromatic nitrogens is 1. The third-order valence-electron chi connectivity index (χ3n) is 4.91. The van der Waals surface area contributed by atoms with Crippen LogP contribution in [0.15, 0.2) is 54.7 Å². The number of hydrogen-bond acceptors (Lipinski definition) is 6. The van der Waals surface area contributed by atoms with Gasteiger partial charge >= 0.3 is 0 Å². The van der Waals surface area contributed by atoms with Gasteiger partial charge in [0.25, 0.3) is 6.47 Å². The third kappa shape index (κ3) is 5.72. The monoisotopic (exact) mass is 433 g/mol. The smallest absolute Gasteiger partial charge is 0.298 e. The average Bonchev–Trinajstić information content (AvgIpc) is 2.74. The molecule has 3 rings (SSSR count). The van der Waals surface area contributed by atoms with E-state index < -0.39 is 0 Å². The first kappa shape index (κ1) is 23.0. The van der Waals surface area contributed by atoms with Crippen LogP contribution in [0.25, 0.3) is 11.3 Å². The highest BCUT2D eigenvalue weighted by molar-refractivity contribution is 5.99. The number of carbonyl (C=O) groups is 2. The second kappa shape index (κ2) is 9.64. The lowest BCUT2D eigenvalue weighted by atomic mass is 9.87. The normalized spacial score (nSPS) is 11.1. The summed E-state index contributed by atoms with van der Waals surface area (Å²) < 4.78 is 10.8. The van der Waals surface area contributed by atoms with Crippen molar-refractivity contribution in [2.24, 2.45) is 5.41 Å².